The standard InChI is InChI=1S/C13H16N4O3/c1-8-11(9(2)16-15-8)7-14-12-5-4-10(20-3)6-13(12)17(18)19/h4-6,14H,7H2,1-3H3,(H,15,16). The van der Waals surface area contributed by atoms with Crippen molar-refractivity contribution in [2.75, 3.05) is 12.4 Å². The minimum atomic E-state index is -0.431. The number of nitrogens with one attached hydrogen (secondary N) is 2. The number of aromatic amines is 1. The Bertz CT molecular complexity index is 617. The topological polar surface area (TPSA) is 93.1 Å². The van der Waals surface area contributed by atoms with Gasteiger partial charge in [-0.2, -0.15) is 5.10 Å². The van der Waals surface area contributed by atoms with E-state index < -0.39 is 4.92 Å². The second-order valence-electron chi connectivity index (χ2n) is 4.41. The quantitative estimate of drug-likeness (QED) is 0.646. The van der Waals surface area contributed by atoms with E-state index in [0.717, 1.165) is 17.0 Å². The van der Waals surface area contributed by atoms with E-state index in [1.54, 1.807) is 12.1 Å². The lowest BCUT2D eigenvalue weighted by Crippen LogP contribution is -2.04. The Hall–Kier alpha value is -2.57. The Labute approximate surface area is 116 Å². The third kappa shape index (κ3) is 2.71. The molecule has 1 heterocycles. The molecule has 20 heavy (non-hydrogen) atoms. The van der Waals surface area contributed by atoms with Crippen LogP contribution < -0.4 is 10.1 Å². The lowest BCUT2D eigenvalue weighted by Gasteiger charge is -2.08. The zero-order valence-electron chi connectivity index (χ0n) is 11.6. The average molecular weight is 276 g/mol. The molecule has 7 nitrogen and oxygen atoms in total. The van der Waals surface area contributed by atoms with Crippen molar-refractivity contribution in [1.29, 1.82) is 0 Å². The number of aromatic nitrogens is 2. The fourth-order valence-corrected chi connectivity index (χ4v) is 1.96. The monoisotopic (exact) mass is 276 g/mol. The summed E-state index contributed by atoms with van der Waals surface area (Å²) in [6.45, 7) is 4.28. The van der Waals surface area contributed by atoms with E-state index in [1.165, 1.54) is 13.2 Å². The van der Waals surface area contributed by atoms with E-state index in [9.17, 15) is 10.1 Å². The van der Waals surface area contributed by atoms with E-state index in [-0.39, 0.29) is 5.69 Å². The van der Waals surface area contributed by atoms with Crippen LogP contribution in [0.2, 0.25) is 0 Å². The third-order valence-electron chi connectivity index (χ3n) is 3.14. The zero-order chi connectivity index (χ0) is 14.7. The summed E-state index contributed by atoms with van der Waals surface area (Å²) in [6, 6.07) is 4.73. The van der Waals surface area contributed by atoms with Gasteiger partial charge in [-0.15, -0.1) is 0 Å². The molecule has 0 aliphatic carbocycles. The summed E-state index contributed by atoms with van der Waals surface area (Å²) in [5.41, 5.74) is 3.28. The maximum Gasteiger partial charge on any atom is 0.296 e. The van der Waals surface area contributed by atoms with Crippen LogP contribution >= 0.6 is 0 Å². The number of hydrogen-bond donors (Lipinski definition) is 2. The van der Waals surface area contributed by atoms with Crippen LogP contribution in [0.4, 0.5) is 11.4 Å². The number of hydrogen-bond acceptors (Lipinski definition) is 5. The smallest absolute Gasteiger partial charge is 0.296 e. The van der Waals surface area contributed by atoms with Crippen LogP contribution in [0, 0.1) is 24.0 Å². The molecule has 0 amide bonds. The molecule has 0 radical (unpaired) electrons. The summed E-state index contributed by atoms with van der Waals surface area (Å²) in [7, 11) is 1.48. The van der Waals surface area contributed by atoms with Crippen molar-refractivity contribution in [3.63, 3.8) is 0 Å². The van der Waals surface area contributed by atoms with Crippen LogP contribution in [0.3, 0.4) is 0 Å². The molecule has 0 bridgehead atoms. The highest BCUT2D eigenvalue weighted by Gasteiger charge is 2.16. The molecule has 1 aromatic heterocycles. The predicted octanol–water partition coefficient (Wildman–Crippen LogP) is 2.56. The molecule has 0 saturated heterocycles. The number of nitrogens with zero attached hydrogens (tertiary/aromatic N) is 2. The molecule has 0 unspecified atom stereocenters. The van der Waals surface area contributed by atoms with E-state index >= 15 is 0 Å². The van der Waals surface area contributed by atoms with Gasteiger partial charge in [0.05, 0.1) is 23.8 Å². The number of anilines is 1. The Balaban J connectivity index is 2.23. The maximum absolute atomic E-state index is 11.1. The first-order chi connectivity index (χ1) is 9.52. The molecular formula is C13H16N4O3. The van der Waals surface area contributed by atoms with Gasteiger partial charge < -0.3 is 10.1 Å². The molecule has 0 atom stereocenters. The number of nitro groups is 1. The van der Waals surface area contributed by atoms with Crippen LogP contribution in [0.1, 0.15) is 17.0 Å². The zero-order valence-corrected chi connectivity index (χ0v) is 11.6. The molecule has 106 valence electrons. The van der Waals surface area contributed by atoms with Crippen LogP contribution in [0.5, 0.6) is 5.75 Å². The second kappa shape index (κ2) is 5.60. The first-order valence-electron chi connectivity index (χ1n) is 6.09. The SMILES string of the molecule is COc1ccc(NCc2c(C)n[nH]c2C)c([N+](=O)[O-])c1. The molecule has 0 saturated carbocycles. The minimum Gasteiger partial charge on any atom is -0.496 e. The molecule has 0 aliphatic rings. The second-order valence-corrected chi connectivity index (χ2v) is 4.41. The van der Waals surface area contributed by atoms with Crippen LogP contribution in [0.15, 0.2) is 18.2 Å². The molecule has 1 aromatic carbocycles. The van der Waals surface area contributed by atoms with Gasteiger partial charge in [0.15, 0.2) is 0 Å². The van der Waals surface area contributed by atoms with E-state index in [0.29, 0.717) is 18.0 Å². The number of H-pyrrole nitrogens is 1. The average Bonchev–Trinajstić information content (AvgIpc) is 2.75. The molecule has 7 heteroatoms. The first kappa shape index (κ1) is 13.9. The van der Waals surface area contributed by atoms with Crippen molar-refractivity contribution in [1.82, 2.24) is 10.2 Å². The van der Waals surface area contributed by atoms with E-state index in [4.69, 9.17) is 4.74 Å². The van der Waals surface area contributed by atoms with Crippen molar-refractivity contribution >= 4 is 11.4 Å². The molecule has 0 spiro atoms. The Kier molecular flexibility index (Phi) is 3.88. The van der Waals surface area contributed by atoms with Crippen molar-refractivity contribution in [2.45, 2.75) is 20.4 Å². The van der Waals surface area contributed by atoms with Gasteiger partial charge in [-0.1, -0.05) is 0 Å². The first-order valence-corrected chi connectivity index (χ1v) is 6.09. The summed E-state index contributed by atoms with van der Waals surface area (Å²) < 4.78 is 5.00. The summed E-state index contributed by atoms with van der Waals surface area (Å²) in [5, 5.41) is 21.1. The molecule has 2 rings (SSSR count). The Morgan fingerprint density at radius 1 is 1.45 bits per heavy atom. The highest BCUT2D eigenvalue weighted by atomic mass is 16.6. The number of aryl methyl sites for hydroxylation is 2. The lowest BCUT2D eigenvalue weighted by molar-refractivity contribution is -0.384. The van der Waals surface area contributed by atoms with Gasteiger partial charge in [0.1, 0.15) is 11.4 Å². The van der Waals surface area contributed by atoms with Crippen LogP contribution in [-0.4, -0.2) is 22.2 Å². The highest BCUT2D eigenvalue weighted by molar-refractivity contribution is 5.64. The third-order valence-corrected chi connectivity index (χ3v) is 3.14. The van der Waals surface area contributed by atoms with Crippen LogP contribution in [0.25, 0.3) is 0 Å². The maximum atomic E-state index is 11.1. The summed E-state index contributed by atoms with van der Waals surface area (Å²) >= 11 is 0. The number of nitro benzene ring substituents is 1. The van der Waals surface area contributed by atoms with Gasteiger partial charge in [0.2, 0.25) is 0 Å². The normalized spacial score (nSPS) is 10.3. The van der Waals surface area contributed by atoms with Gasteiger partial charge in [0.25, 0.3) is 5.69 Å². The summed E-state index contributed by atoms with van der Waals surface area (Å²) in [5.74, 6) is 0.456. The lowest BCUT2D eigenvalue weighted by atomic mass is 10.2. The molecule has 0 fully saturated rings. The number of methoxy groups -OCH3 is 1. The van der Waals surface area contributed by atoms with Crippen molar-refractivity contribution in [2.24, 2.45) is 0 Å². The van der Waals surface area contributed by atoms with Gasteiger partial charge in [-0.05, 0) is 26.0 Å². The number of benzene rings is 1. The minimum absolute atomic E-state index is 0.0110. The Morgan fingerprint density at radius 2 is 2.20 bits per heavy atom. The number of rotatable bonds is 5. The molecule has 0 aliphatic heterocycles. The summed E-state index contributed by atoms with van der Waals surface area (Å²) in [6.07, 6.45) is 0. The van der Waals surface area contributed by atoms with Gasteiger partial charge in [-0.3, -0.25) is 15.2 Å². The fraction of sp³-hybridized carbons (Fsp3) is 0.308. The van der Waals surface area contributed by atoms with Crippen molar-refractivity contribution < 1.29 is 9.66 Å². The van der Waals surface area contributed by atoms with Gasteiger partial charge in [-0.25, -0.2) is 0 Å². The Morgan fingerprint density at radius 3 is 2.75 bits per heavy atom. The van der Waals surface area contributed by atoms with Gasteiger partial charge >= 0.3 is 0 Å². The molecule has 2 aromatic rings. The largest absolute Gasteiger partial charge is 0.496 e. The molecular weight excluding hydrogens is 260 g/mol. The van der Waals surface area contributed by atoms with Crippen LogP contribution in [-0.2, 0) is 6.54 Å². The number of ether oxygens (including phenoxy) is 1. The van der Waals surface area contributed by atoms with Gasteiger partial charge in [0, 0.05) is 17.8 Å². The van der Waals surface area contributed by atoms with Crippen molar-refractivity contribution in [3.05, 3.63) is 45.3 Å². The van der Waals surface area contributed by atoms with E-state index in [1.807, 2.05) is 13.8 Å². The predicted molar refractivity (Wildman–Crippen MR) is 75.0 cm³/mol. The van der Waals surface area contributed by atoms with E-state index in [2.05, 4.69) is 15.5 Å². The summed E-state index contributed by atoms with van der Waals surface area (Å²) in [4.78, 5) is 10.6. The highest BCUT2D eigenvalue weighted by Crippen LogP contribution is 2.29. The van der Waals surface area contributed by atoms with Crippen molar-refractivity contribution in [3.8, 4) is 5.75 Å². The molecule has 2 N–H and O–H groups in total. The fourth-order valence-electron chi connectivity index (χ4n) is 1.96.